The molecule has 3 rings (SSSR count). The minimum Gasteiger partial charge on any atom is -0.408 e. The molecule has 92 valence electrons. The number of aromatic amines is 1. The molecule has 0 fully saturated rings. The zero-order chi connectivity index (χ0) is 12.5. The Morgan fingerprint density at radius 2 is 2.39 bits per heavy atom. The van der Waals surface area contributed by atoms with Gasteiger partial charge in [0.25, 0.3) is 0 Å². The largest absolute Gasteiger partial charge is 0.417 e. The third kappa shape index (κ3) is 1.96. The molecule has 0 radical (unpaired) electrons. The van der Waals surface area contributed by atoms with E-state index >= 15 is 0 Å². The van der Waals surface area contributed by atoms with Crippen LogP contribution in [0.15, 0.2) is 32.8 Å². The number of nitrogens with zero attached hydrogens (tertiary/aromatic N) is 1. The molecule has 6 heteroatoms. The quantitative estimate of drug-likeness (QED) is 0.756. The normalized spacial score (nSPS) is 11.2. The van der Waals surface area contributed by atoms with E-state index in [0.717, 1.165) is 22.8 Å². The van der Waals surface area contributed by atoms with Crippen LogP contribution in [-0.4, -0.2) is 17.0 Å². The molecule has 0 amide bonds. The van der Waals surface area contributed by atoms with E-state index in [9.17, 15) is 4.79 Å². The number of H-pyrrole nitrogens is 1. The van der Waals surface area contributed by atoms with E-state index in [4.69, 9.17) is 4.42 Å². The van der Waals surface area contributed by atoms with Gasteiger partial charge in [-0.15, -0.1) is 11.3 Å². The van der Waals surface area contributed by atoms with E-state index in [-0.39, 0.29) is 0 Å². The maximum absolute atomic E-state index is 11.1. The van der Waals surface area contributed by atoms with Crippen molar-refractivity contribution >= 4 is 22.4 Å². The maximum atomic E-state index is 11.1. The molecule has 0 aliphatic carbocycles. The van der Waals surface area contributed by atoms with E-state index in [0.29, 0.717) is 11.1 Å². The lowest BCUT2D eigenvalue weighted by Crippen LogP contribution is -2.04. The monoisotopic (exact) mass is 261 g/mol. The lowest BCUT2D eigenvalue weighted by Gasteiger charge is -1.95. The average Bonchev–Trinajstić information content (AvgIpc) is 2.93. The summed E-state index contributed by atoms with van der Waals surface area (Å²) < 4.78 is 5.04. The molecule has 0 bridgehead atoms. The highest BCUT2D eigenvalue weighted by molar-refractivity contribution is 7.13. The summed E-state index contributed by atoms with van der Waals surface area (Å²) in [4.78, 5) is 18.2. The Morgan fingerprint density at radius 1 is 1.50 bits per heavy atom. The lowest BCUT2D eigenvalue weighted by molar-refractivity contribution is 0.555. The van der Waals surface area contributed by atoms with Crippen LogP contribution in [0.1, 0.15) is 5.69 Å². The highest BCUT2D eigenvalue weighted by Gasteiger charge is 2.07. The first-order chi connectivity index (χ1) is 8.76. The number of rotatable bonds is 3. The van der Waals surface area contributed by atoms with Gasteiger partial charge < -0.3 is 9.73 Å². The fourth-order valence-electron chi connectivity index (χ4n) is 1.78. The number of hydrogen-bond donors (Lipinski definition) is 2. The summed E-state index contributed by atoms with van der Waals surface area (Å²) >= 11 is 1.58. The molecule has 0 atom stereocenters. The second-order valence-electron chi connectivity index (χ2n) is 3.90. The molecular formula is C12H11N3O2S. The van der Waals surface area contributed by atoms with Gasteiger partial charge in [-0.05, 0) is 25.2 Å². The Kier molecular flexibility index (Phi) is 2.73. The summed E-state index contributed by atoms with van der Waals surface area (Å²) in [6, 6.07) is 5.58. The van der Waals surface area contributed by atoms with Crippen LogP contribution in [0.2, 0.25) is 0 Å². The summed E-state index contributed by atoms with van der Waals surface area (Å²) in [5, 5.41) is 6.00. The molecule has 5 nitrogen and oxygen atoms in total. The highest BCUT2D eigenvalue weighted by Crippen LogP contribution is 2.26. The van der Waals surface area contributed by atoms with Crippen LogP contribution in [0.3, 0.4) is 0 Å². The summed E-state index contributed by atoms with van der Waals surface area (Å²) in [6.07, 6.45) is 0. The van der Waals surface area contributed by atoms with Crippen LogP contribution < -0.4 is 11.1 Å². The number of benzene rings is 1. The first kappa shape index (κ1) is 11.2. The van der Waals surface area contributed by atoms with Crippen molar-refractivity contribution in [3.05, 3.63) is 39.8 Å². The number of hydrogen-bond acceptors (Lipinski definition) is 5. The van der Waals surface area contributed by atoms with Crippen LogP contribution in [0.25, 0.3) is 21.7 Å². The summed E-state index contributed by atoms with van der Waals surface area (Å²) in [7, 11) is 1.89. The third-order valence-corrected chi connectivity index (χ3v) is 3.52. The molecule has 2 heterocycles. The molecule has 2 aromatic heterocycles. The third-order valence-electron chi connectivity index (χ3n) is 2.58. The van der Waals surface area contributed by atoms with E-state index in [1.54, 1.807) is 11.3 Å². The molecule has 0 saturated carbocycles. The zero-order valence-corrected chi connectivity index (χ0v) is 10.5. The fourth-order valence-corrected chi connectivity index (χ4v) is 2.60. The van der Waals surface area contributed by atoms with E-state index < -0.39 is 5.76 Å². The van der Waals surface area contributed by atoms with Crippen molar-refractivity contribution in [2.75, 3.05) is 7.05 Å². The Morgan fingerprint density at radius 3 is 3.22 bits per heavy atom. The Labute approximate surface area is 106 Å². The van der Waals surface area contributed by atoms with Gasteiger partial charge >= 0.3 is 5.76 Å². The van der Waals surface area contributed by atoms with Crippen molar-refractivity contribution in [2.45, 2.75) is 6.54 Å². The van der Waals surface area contributed by atoms with E-state index in [1.165, 1.54) is 0 Å². The minimum atomic E-state index is -0.433. The number of oxazole rings is 1. The van der Waals surface area contributed by atoms with Gasteiger partial charge in [0, 0.05) is 17.5 Å². The first-order valence-corrected chi connectivity index (χ1v) is 6.36. The molecule has 0 aliphatic rings. The topological polar surface area (TPSA) is 70.9 Å². The van der Waals surface area contributed by atoms with Gasteiger partial charge in [0.15, 0.2) is 5.58 Å². The highest BCUT2D eigenvalue weighted by atomic mass is 32.1. The molecule has 2 N–H and O–H groups in total. The summed E-state index contributed by atoms with van der Waals surface area (Å²) in [6.45, 7) is 0.748. The van der Waals surface area contributed by atoms with Gasteiger partial charge in [0.05, 0.1) is 11.2 Å². The fraction of sp³-hybridized carbons (Fsp3) is 0.167. The Balaban J connectivity index is 2.04. The first-order valence-electron chi connectivity index (χ1n) is 5.48. The van der Waals surface area contributed by atoms with Crippen LogP contribution in [0, 0.1) is 0 Å². The standard InChI is InChI=1S/C12H11N3O2S/c1-13-5-8-6-18-11(14-8)7-2-3-9-10(4-7)17-12(16)15-9/h2-4,6,13H,5H2,1H3,(H,15,16). The van der Waals surface area contributed by atoms with Crippen molar-refractivity contribution in [2.24, 2.45) is 0 Å². The van der Waals surface area contributed by atoms with Crippen LogP contribution in [0.5, 0.6) is 0 Å². The summed E-state index contributed by atoms with van der Waals surface area (Å²) in [5.74, 6) is -0.433. The van der Waals surface area contributed by atoms with Crippen molar-refractivity contribution < 1.29 is 4.42 Å². The molecule has 0 unspecified atom stereocenters. The van der Waals surface area contributed by atoms with Gasteiger partial charge in [-0.2, -0.15) is 0 Å². The van der Waals surface area contributed by atoms with Crippen LogP contribution in [-0.2, 0) is 6.54 Å². The van der Waals surface area contributed by atoms with Crippen molar-refractivity contribution in [1.29, 1.82) is 0 Å². The molecule has 0 saturated heterocycles. The molecule has 3 aromatic rings. The number of thiazole rings is 1. The predicted molar refractivity (Wildman–Crippen MR) is 70.7 cm³/mol. The van der Waals surface area contributed by atoms with Gasteiger partial charge in [0.2, 0.25) is 0 Å². The van der Waals surface area contributed by atoms with Crippen LogP contribution in [0.4, 0.5) is 0 Å². The minimum absolute atomic E-state index is 0.433. The maximum Gasteiger partial charge on any atom is 0.417 e. The number of nitrogens with one attached hydrogen (secondary N) is 2. The summed E-state index contributed by atoms with van der Waals surface area (Å²) in [5.41, 5.74) is 3.23. The molecular weight excluding hydrogens is 250 g/mol. The van der Waals surface area contributed by atoms with Gasteiger partial charge in [-0.3, -0.25) is 4.98 Å². The van der Waals surface area contributed by atoms with Gasteiger partial charge in [-0.25, -0.2) is 9.78 Å². The molecule has 1 aromatic carbocycles. The SMILES string of the molecule is CNCc1csc(-c2ccc3[nH]c(=O)oc3c2)n1. The van der Waals surface area contributed by atoms with E-state index in [2.05, 4.69) is 15.3 Å². The Hall–Kier alpha value is -1.92. The average molecular weight is 261 g/mol. The van der Waals surface area contributed by atoms with Crippen molar-refractivity contribution in [3.63, 3.8) is 0 Å². The second kappa shape index (κ2) is 4.40. The van der Waals surface area contributed by atoms with E-state index in [1.807, 2.05) is 30.6 Å². The van der Waals surface area contributed by atoms with Crippen LogP contribution >= 0.6 is 11.3 Å². The predicted octanol–water partition coefficient (Wildman–Crippen LogP) is 1.96. The van der Waals surface area contributed by atoms with Gasteiger partial charge in [-0.1, -0.05) is 0 Å². The van der Waals surface area contributed by atoms with Crippen molar-refractivity contribution in [3.8, 4) is 10.6 Å². The zero-order valence-electron chi connectivity index (χ0n) is 9.69. The lowest BCUT2D eigenvalue weighted by atomic mass is 10.2. The smallest absolute Gasteiger partial charge is 0.408 e. The van der Waals surface area contributed by atoms with Crippen molar-refractivity contribution in [1.82, 2.24) is 15.3 Å². The second-order valence-corrected chi connectivity index (χ2v) is 4.76. The van der Waals surface area contributed by atoms with Gasteiger partial charge in [0.1, 0.15) is 5.01 Å². The molecule has 0 spiro atoms. The molecule has 18 heavy (non-hydrogen) atoms. The molecule has 0 aliphatic heterocycles. The number of aromatic nitrogens is 2. The Bertz CT molecular complexity index is 741. The number of fused-ring (bicyclic) bond motifs is 1.